The number of unbranched alkanes of at least 4 members (excludes halogenated alkanes) is 10. The smallest absolute Gasteiger partial charge is 0.305 e. The van der Waals surface area contributed by atoms with E-state index >= 15 is 0 Å². The maximum absolute atomic E-state index is 11.8. The van der Waals surface area contributed by atoms with Crippen LogP contribution >= 0.6 is 0 Å². The Hall–Kier alpha value is -0.860. The molecular weight excluding hydrogens is 484 g/mol. The van der Waals surface area contributed by atoms with Crippen molar-refractivity contribution in [1.29, 1.82) is 0 Å². The van der Waals surface area contributed by atoms with Gasteiger partial charge in [0.15, 0.2) is 6.29 Å². The second-order valence-electron chi connectivity index (χ2n) is 9.22. The summed E-state index contributed by atoms with van der Waals surface area (Å²) in [4.78, 5) is 11.8. The molecule has 1 rings (SSSR count). The third kappa shape index (κ3) is 14.5. The second-order valence-corrected chi connectivity index (χ2v) is 10.7. The SMILES string of the molecule is CCCCCCCCCCCCCC(=O)OCC(O)COC1OC(CS(=O)(=O)O)C(O)C(O)C1O. The Morgan fingerprint density at radius 1 is 0.857 bits per heavy atom. The van der Waals surface area contributed by atoms with Crippen LogP contribution in [0.3, 0.4) is 0 Å². The molecular formula is C23H44O11S. The summed E-state index contributed by atoms with van der Waals surface area (Å²) in [7, 11) is -4.53. The number of rotatable bonds is 19. The highest BCUT2D eigenvalue weighted by Gasteiger charge is 2.45. The molecule has 0 aromatic heterocycles. The van der Waals surface area contributed by atoms with Crippen LogP contribution in [0, 0.1) is 0 Å². The molecule has 0 spiro atoms. The molecule has 208 valence electrons. The number of carbonyl (C=O) groups excluding carboxylic acids is 1. The van der Waals surface area contributed by atoms with Crippen molar-refractivity contribution in [2.45, 2.75) is 121 Å². The maximum atomic E-state index is 11.8. The number of hydrogen-bond donors (Lipinski definition) is 5. The van der Waals surface area contributed by atoms with Gasteiger partial charge in [0.05, 0.1) is 6.61 Å². The molecule has 1 fully saturated rings. The number of ether oxygens (including phenoxy) is 3. The van der Waals surface area contributed by atoms with Crippen molar-refractivity contribution in [3.63, 3.8) is 0 Å². The van der Waals surface area contributed by atoms with Crippen LogP contribution in [0.2, 0.25) is 0 Å². The highest BCUT2D eigenvalue weighted by atomic mass is 32.2. The van der Waals surface area contributed by atoms with E-state index in [1.807, 2.05) is 0 Å². The van der Waals surface area contributed by atoms with Crippen molar-refractivity contribution in [2.24, 2.45) is 0 Å². The highest BCUT2D eigenvalue weighted by molar-refractivity contribution is 7.85. The van der Waals surface area contributed by atoms with E-state index in [2.05, 4.69) is 6.92 Å². The average molecular weight is 529 g/mol. The van der Waals surface area contributed by atoms with Crippen molar-refractivity contribution in [1.82, 2.24) is 0 Å². The average Bonchev–Trinajstić information content (AvgIpc) is 2.80. The number of esters is 1. The van der Waals surface area contributed by atoms with Gasteiger partial charge in [0, 0.05) is 6.42 Å². The van der Waals surface area contributed by atoms with Gasteiger partial charge in [-0.15, -0.1) is 0 Å². The molecule has 11 nitrogen and oxygen atoms in total. The predicted molar refractivity (Wildman–Crippen MR) is 127 cm³/mol. The fourth-order valence-corrected chi connectivity index (χ4v) is 4.54. The van der Waals surface area contributed by atoms with Gasteiger partial charge in [-0.25, -0.2) is 0 Å². The van der Waals surface area contributed by atoms with E-state index in [0.717, 1.165) is 19.3 Å². The monoisotopic (exact) mass is 528 g/mol. The van der Waals surface area contributed by atoms with Gasteiger partial charge in [0.25, 0.3) is 10.1 Å². The van der Waals surface area contributed by atoms with Gasteiger partial charge in [-0.1, -0.05) is 71.1 Å². The zero-order chi connectivity index (χ0) is 26.3. The normalized spacial score (nSPS) is 25.9. The van der Waals surface area contributed by atoms with Crippen molar-refractivity contribution in [3.8, 4) is 0 Å². The summed E-state index contributed by atoms with van der Waals surface area (Å²) in [5.41, 5.74) is 0. The summed E-state index contributed by atoms with van der Waals surface area (Å²) in [5.74, 6) is -1.46. The van der Waals surface area contributed by atoms with Gasteiger partial charge in [0.2, 0.25) is 0 Å². The zero-order valence-corrected chi connectivity index (χ0v) is 21.5. The molecule has 1 saturated heterocycles. The fourth-order valence-electron chi connectivity index (χ4n) is 3.85. The fraction of sp³-hybridized carbons (Fsp3) is 0.957. The Labute approximate surface area is 208 Å². The summed E-state index contributed by atoms with van der Waals surface area (Å²) in [6, 6.07) is 0. The molecule has 6 unspecified atom stereocenters. The van der Waals surface area contributed by atoms with E-state index in [1.165, 1.54) is 44.9 Å². The second kappa shape index (κ2) is 17.6. The van der Waals surface area contributed by atoms with Crippen molar-refractivity contribution >= 4 is 16.1 Å². The van der Waals surface area contributed by atoms with E-state index in [1.54, 1.807) is 0 Å². The number of hydrogen-bond acceptors (Lipinski definition) is 10. The highest BCUT2D eigenvalue weighted by Crippen LogP contribution is 2.23. The van der Waals surface area contributed by atoms with Crippen LogP contribution < -0.4 is 0 Å². The molecule has 0 radical (unpaired) electrons. The first-order valence-electron chi connectivity index (χ1n) is 12.6. The van der Waals surface area contributed by atoms with Crippen LogP contribution in [0.5, 0.6) is 0 Å². The molecule has 1 aliphatic heterocycles. The van der Waals surface area contributed by atoms with E-state index < -0.39 is 65.3 Å². The molecule has 1 aliphatic rings. The first kappa shape index (κ1) is 32.2. The van der Waals surface area contributed by atoms with Crippen LogP contribution in [-0.2, 0) is 29.1 Å². The molecule has 12 heteroatoms. The van der Waals surface area contributed by atoms with E-state index in [0.29, 0.717) is 6.42 Å². The maximum Gasteiger partial charge on any atom is 0.305 e. The van der Waals surface area contributed by atoms with Gasteiger partial charge in [-0.2, -0.15) is 8.42 Å². The summed E-state index contributed by atoms with van der Waals surface area (Å²) in [6.45, 7) is 1.41. The van der Waals surface area contributed by atoms with Crippen molar-refractivity contribution < 1.29 is 52.4 Å². The Morgan fingerprint density at radius 3 is 1.94 bits per heavy atom. The summed E-state index contributed by atoms with van der Waals surface area (Å²) >= 11 is 0. The van der Waals surface area contributed by atoms with E-state index in [9.17, 15) is 33.6 Å². The van der Waals surface area contributed by atoms with Crippen molar-refractivity contribution in [2.75, 3.05) is 19.0 Å². The third-order valence-corrected chi connectivity index (χ3v) is 6.67. The molecule has 0 amide bonds. The van der Waals surface area contributed by atoms with Gasteiger partial charge in [-0.3, -0.25) is 9.35 Å². The lowest BCUT2D eigenvalue weighted by Crippen LogP contribution is -2.60. The summed E-state index contributed by atoms with van der Waals surface area (Å²) in [6.07, 6.45) is 3.43. The quantitative estimate of drug-likeness (QED) is 0.0926. The first-order chi connectivity index (χ1) is 16.5. The Bertz CT molecular complexity index is 672. The minimum atomic E-state index is -4.53. The van der Waals surface area contributed by atoms with Crippen LogP contribution in [0.25, 0.3) is 0 Å². The topological polar surface area (TPSA) is 180 Å². The lowest BCUT2D eigenvalue weighted by Gasteiger charge is -2.40. The molecule has 0 aromatic rings. The minimum absolute atomic E-state index is 0.246. The van der Waals surface area contributed by atoms with Crippen LogP contribution in [0.1, 0.15) is 84.0 Å². The Balaban J connectivity index is 2.15. The predicted octanol–water partition coefficient (Wildman–Crippen LogP) is 1.30. The van der Waals surface area contributed by atoms with E-state index in [-0.39, 0.29) is 13.0 Å². The third-order valence-electron chi connectivity index (χ3n) is 5.92. The molecule has 5 N–H and O–H groups in total. The van der Waals surface area contributed by atoms with Gasteiger partial charge in [-0.05, 0) is 6.42 Å². The van der Waals surface area contributed by atoms with Crippen LogP contribution in [0.4, 0.5) is 0 Å². The first-order valence-corrected chi connectivity index (χ1v) is 14.3. The Morgan fingerprint density at radius 2 is 1.40 bits per heavy atom. The van der Waals surface area contributed by atoms with Gasteiger partial charge >= 0.3 is 5.97 Å². The molecule has 0 bridgehead atoms. The van der Waals surface area contributed by atoms with Crippen molar-refractivity contribution in [3.05, 3.63) is 0 Å². The van der Waals surface area contributed by atoms with Crippen LogP contribution in [-0.4, -0.2) is 95.1 Å². The lowest BCUT2D eigenvalue weighted by atomic mass is 10.00. The van der Waals surface area contributed by atoms with E-state index in [4.69, 9.17) is 18.8 Å². The minimum Gasteiger partial charge on any atom is -0.463 e. The standard InChI is InChI=1S/C23H44O11S/c1-2-3-4-5-6-7-8-9-10-11-12-13-19(25)32-14-17(24)15-33-23-22(28)21(27)20(26)18(34-23)16-35(29,30)31/h17-18,20-24,26-28H,2-16H2,1H3,(H,29,30,31). The molecule has 0 aliphatic carbocycles. The summed E-state index contributed by atoms with van der Waals surface area (Å²) < 4.78 is 46.3. The lowest BCUT2D eigenvalue weighted by molar-refractivity contribution is -0.296. The number of aliphatic hydroxyl groups is 4. The molecule has 35 heavy (non-hydrogen) atoms. The number of aliphatic hydroxyl groups excluding tert-OH is 4. The summed E-state index contributed by atoms with van der Waals surface area (Å²) in [5, 5.41) is 39.6. The van der Waals surface area contributed by atoms with Gasteiger partial charge < -0.3 is 34.6 Å². The largest absolute Gasteiger partial charge is 0.463 e. The molecule has 0 saturated carbocycles. The molecule has 1 heterocycles. The van der Waals surface area contributed by atoms with Crippen LogP contribution in [0.15, 0.2) is 0 Å². The molecule has 6 atom stereocenters. The molecule has 0 aromatic carbocycles. The Kier molecular flexibility index (Phi) is 16.1. The zero-order valence-electron chi connectivity index (χ0n) is 20.7. The van der Waals surface area contributed by atoms with Gasteiger partial charge in [0.1, 0.15) is 42.9 Å². The number of carbonyl (C=O) groups is 1.